The number of benzene rings is 1. The highest BCUT2D eigenvalue weighted by Crippen LogP contribution is 2.31. The number of methoxy groups -OCH3 is 2. The predicted octanol–water partition coefficient (Wildman–Crippen LogP) is 1.79. The third-order valence-electron chi connectivity index (χ3n) is 2.91. The molecule has 7 heteroatoms. The molecule has 0 aliphatic heterocycles. The zero-order chi connectivity index (χ0) is 15.2. The Morgan fingerprint density at radius 1 is 1.24 bits per heavy atom. The van der Waals surface area contributed by atoms with Crippen LogP contribution in [0, 0.1) is 0 Å². The molecule has 1 aromatic heterocycles. The van der Waals surface area contributed by atoms with Crippen molar-refractivity contribution in [3.05, 3.63) is 24.0 Å². The Morgan fingerprint density at radius 2 is 2.00 bits per heavy atom. The maximum atomic E-state index is 5.92. The van der Waals surface area contributed by atoms with Crippen molar-refractivity contribution in [1.29, 1.82) is 0 Å². The normalized spacial score (nSPS) is 12.2. The second-order valence-corrected chi connectivity index (χ2v) is 4.29. The highest BCUT2D eigenvalue weighted by molar-refractivity contribution is 5.59. The van der Waals surface area contributed by atoms with Crippen LogP contribution in [-0.2, 0) is 4.74 Å². The van der Waals surface area contributed by atoms with E-state index >= 15 is 0 Å². The molecular weight excluding hydrogens is 274 g/mol. The van der Waals surface area contributed by atoms with Crippen LogP contribution in [-0.4, -0.2) is 37.6 Å². The molecule has 1 aromatic carbocycles. The van der Waals surface area contributed by atoms with E-state index in [4.69, 9.17) is 24.5 Å². The molecule has 0 amide bonds. The summed E-state index contributed by atoms with van der Waals surface area (Å²) in [5.74, 6) is 2.01. The summed E-state index contributed by atoms with van der Waals surface area (Å²) >= 11 is 0. The van der Waals surface area contributed by atoms with E-state index < -0.39 is 6.04 Å². The number of hydrogen-bond acceptors (Lipinski definition) is 7. The van der Waals surface area contributed by atoms with E-state index in [0.717, 1.165) is 5.56 Å². The van der Waals surface area contributed by atoms with Crippen LogP contribution >= 0.6 is 0 Å². The van der Waals surface area contributed by atoms with Gasteiger partial charge in [-0.15, -0.1) is 0 Å². The first-order chi connectivity index (χ1) is 10.2. The van der Waals surface area contributed by atoms with Gasteiger partial charge in [0.2, 0.25) is 0 Å². The molecule has 1 atom stereocenters. The molecule has 1 heterocycles. The Morgan fingerprint density at radius 3 is 2.67 bits per heavy atom. The van der Waals surface area contributed by atoms with Crippen molar-refractivity contribution in [3.63, 3.8) is 0 Å². The molecule has 21 heavy (non-hydrogen) atoms. The van der Waals surface area contributed by atoms with Crippen molar-refractivity contribution in [1.82, 2.24) is 10.1 Å². The van der Waals surface area contributed by atoms with E-state index in [2.05, 4.69) is 10.1 Å². The van der Waals surface area contributed by atoms with E-state index in [9.17, 15) is 0 Å². The summed E-state index contributed by atoms with van der Waals surface area (Å²) in [6.07, 6.45) is 0. The molecule has 114 valence electrons. The molecule has 7 nitrogen and oxygen atoms in total. The molecule has 2 rings (SSSR count). The van der Waals surface area contributed by atoms with Crippen LogP contribution in [0.25, 0.3) is 11.5 Å². The lowest BCUT2D eigenvalue weighted by atomic mass is 10.2. The lowest BCUT2D eigenvalue weighted by molar-refractivity contribution is 0.130. The number of nitrogens with zero attached hydrogens (tertiary/aromatic N) is 2. The van der Waals surface area contributed by atoms with Crippen LogP contribution in [0.1, 0.15) is 18.8 Å². The van der Waals surface area contributed by atoms with Crippen molar-refractivity contribution in [3.8, 4) is 23.0 Å². The molecule has 0 aliphatic carbocycles. The van der Waals surface area contributed by atoms with Gasteiger partial charge in [-0.1, -0.05) is 5.16 Å². The lowest BCUT2D eigenvalue weighted by Crippen LogP contribution is -2.18. The van der Waals surface area contributed by atoms with E-state index in [1.165, 1.54) is 0 Å². The molecule has 0 fully saturated rings. The highest BCUT2D eigenvalue weighted by atomic mass is 16.5. The number of hydrogen-bond donors (Lipinski definition) is 1. The monoisotopic (exact) mass is 293 g/mol. The van der Waals surface area contributed by atoms with Gasteiger partial charge >= 0.3 is 0 Å². The SMILES string of the molecule is CCOCC(N)c1noc(-c2ccc(OC)c(OC)c2)n1. The number of nitrogens with two attached hydrogens (primary N) is 1. The molecule has 0 saturated carbocycles. The Balaban J connectivity index is 2.21. The molecule has 0 bridgehead atoms. The average Bonchev–Trinajstić information content (AvgIpc) is 3.01. The average molecular weight is 293 g/mol. The summed E-state index contributed by atoms with van der Waals surface area (Å²) < 4.78 is 20.9. The van der Waals surface area contributed by atoms with E-state index in [-0.39, 0.29) is 0 Å². The van der Waals surface area contributed by atoms with Crippen molar-refractivity contribution in [2.75, 3.05) is 27.4 Å². The van der Waals surface area contributed by atoms with Gasteiger partial charge < -0.3 is 24.5 Å². The van der Waals surface area contributed by atoms with Gasteiger partial charge in [0.05, 0.1) is 26.9 Å². The maximum Gasteiger partial charge on any atom is 0.258 e. The minimum atomic E-state index is -0.414. The topological polar surface area (TPSA) is 92.6 Å². The zero-order valence-corrected chi connectivity index (χ0v) is 12.3. The Labute approximate surface area is 123 Å². The van der Waals surface area contributed by atoms with Crippen LogP contribution < -0.4 is 15.2 Å². The fraction of sp³-hybridized carbons (Fsp3) is 0.429. The van der Waals surface area contributed by atoms with Gasteiger partial charge in [-0.25, -0.2) is 0 Å². The van der Waals surface area contributed by atoms with Crippen LogP contribution in [0.2, 0.25) is 0 Å². The first-order valence-corrected chi connectivity index (χ1v) is 6.59. The third kappa shape index (κ3) is 3.50. The Kier molecular flexibility index (Phi) is 5.13. The van der Waals surface area contributed by atoms with Gasteiger partial charge in [0, 0.05) is 12.2 Å². The van der Waals surface area contributed by atoms with Crippen LogP contribution in [0.15, 0.2) is 22.7 Å². The predicted molar refractivity (Wildman–Crippen MR) is 76.3 cm³/mol. The summed E-state index contributed by atoms with van der Waals surface area (Å²) in [5.41, 5.74) is 6.65. The lowest BCUT2D eigenvalue weighted by Gasteiger charge is -2.07. The van der Waals surface area contributed by atoms with Gasteiger partial charge in [-0.3, -0.25) is 0 Å². The first-order valence-electron chi connectivity index (χ1n) is 6.59. The Hall–Kier alpha value is -2.12. The second-order valence-electron chi connectivity index (χ2n) is 4.29. The van der Waals surface area contributed by atoms with Gasteiger partial charge in [-0.2, -0.15) is 4.98 Å². The van der Waals surface area contributed by atoms with E-state index in [1.807, 2.05) is 13.0 Å². The minimum Gasteiger partial charge on any atom is -0.493 e. The number of rotatable bonds is 7. The highest BCUT2D eigenvalue weighted by Gasteiger charge is 2.16. The summed E-state index contributed by atoms with van der Waals surface area (Å²) in [6.45, 7) is 2.84. The van der Waals surface area contributed by atoms with Crippen molar-refractivity contribution >= 4 is 0 Å². The molecule has 2 aromatic rings. The summed E-state index contributed by atoms with van der Waals surface area (Å²) in [7, 11) is 3.15. The number of ether oxygens (including phenoxy) is 3. The second kappa shape index (κ2) is 7.05. The fourth-order valence-corrected chi connectivity index (χ4v) is 1.79. The molecule has 0 aliphatic rings. The smallest absolute Gasteiger partial charge is 0.258 e. The largest absolute Gasteiger partial charge is 0.493 e. The quantitative estimate of drug-likeness (QED) is 0.831. The standard InChI is InChI=1S/C14H19N3O4/c1-4-20-8-10(15)13-16-14(21-17-13)9-5-6-11(18-2)12(7-9)19-3/h5-7,10H,4,8,15H2,1-3H3. The van der Waals surface area contributed by atoms with Gasteiger partial charge in [0.1, 0.15) is 0 Å². The molecule has 0 saturated heterocycles. The molecular formula is C14H19N3O4. The summed E-state index contributed by atoms with van der Waals surface area (Å²) in [5, 5.41) is 3.88. The van der Waals surface area contributed by atoms with Gasteiger partial charge in [0.15, 0.2) is 17.3 Å². The van der Waals surface area contributed by atoms with Crippen molar-refractivity contribution < 1.29 is 18.7 Å². The van der Waals surface area contributed by atoms with Crippen LogP contribution in [0.4, 0.5) is 0 Å². The zero-order valence-electron chi connectivity index (χ0n) is 12.3. The molecule has 0 radical (unpaired) electrons. The first kappa shape index (κ1) is 15.3. The summed E-state index contributed by atoms with van der Waals surface area (Å²) in [6, 6.07) is 4.94. The summed E-state index contributed by atoms with van der Waals surface area (Å²) in [4.78, 5) is 4.29. The van der Waals surface area contributed by atoms with Gasteiger partial charge in [0.25, 0.3) is 5.89 Å². The molecule has 1 unspecified atom stereocenters. The minimum absolute atomic E-state index is 0.349. The van der Waals surface area contributed by atoms with Crippen molar-refractivity contribution in [2.24, 2.45) is 5.73 Å². The van der Waals surface area contributed by atoms with Gasteiger partial charge in [-0.05, 0) is 25.1 Å². The fourth-order valence-electron chi connectivity index (χ4n) is 1.79. The Bertz CT molecular complexity index is 585. The molecule has 0 spiro atoms. The van der Waals surface area contributed by atoms with Crippen LogP contribution in [0.3, 0.4) is 0 Å². The molecule has 2 N–H and O–H groups in total. The van der Waals surface area contributed by atoms with E-state index in [0.29, 0.717) is 36.4 Å². The van der Waals surface area contributed by atoms with Crippen molar-refractivity contribution in [2.45, 2.75) is 13.0 Å². The maximum absolute atomic E-state index is 5.92. The van der Waals surface area contributed by atoms with Crippen LogP contribution in [0.5, 0.6) is 11.5 Å². The van der Waals surface area contributed by atoms with E-state index in [1.54, 1.807) is 26.4 Å². The third-order valence-corrected chi connectivity index (χ3v) is 2.91. The number of aromatic nitrogens is 2.